The third kappa shape index (κ3) is 8.09. The molecular formula is C17H26F3IN4O. The molecule has 26 heavy (non-hydrogen) atoms. The standard InChI is InChI=1S/C17H25F3N4O.HI/c1-2-21-16(22-7-8-24-9-11-25-12-10-24)23-13-14-3-5-15(6-4-14)17(18,19)20;/h3-6H,2,7-13H2,1H3,(H2,21,22,23);1H. The number of alkyl halides is 3. The maximum absolute atomic E-state index is 12.6. The maximum atomic E-state index is 12.6. The summed E-state index contributed by atoms with van der Waals surface area (Å²) in [5.41, 5.74) is 0.0918. The first kappa shape index (κ1) is 23.0. The van der Waals surface area contributed by atoms with Crippen molar-refractivity contribution in [1.29, 1.82) is 0 Å². The molecule has 1 aliphatic heterocycles. The molecule has 0 bridgehead atoms. The average Bonchev–Trinajstić information content (AvgIpc) is 2.60. The van der Waals surface area contributed by atoms with Crippen LogP contribution in [0.3, 0.4) is 0 Å². The van der Waals surface area contributed by atoms with Crippen molar-refractivity contribution < 1.29 is 17.9 Å². The van der Waals surface area contributed by atoms with E-state index in [9.17, 15) is 13.2 Å². The van der Waals surface area contributed by atoms with Gasteiger partial charge in [0.1, 0.15) is 0 Å². The number of benzene rings is 1. The van der Waals surface area contributed by atoms with E-state index in [0.29, 0.717) is 12.5 Å². The number of guanidine groups is 1. The summed E-state index contributed by atoms with van der Waals surface area (Å²) in [6.45, 7) is 8.05. The van der Waals surface area contributed by atoms with Gasteiger partial charge in [-0.25, -0.2) is 4.99 Å². The summed E-state index contributed by atoms with van der Waals surface area (Å²) in [6, 6.07) is 5.10. The van der Waals surface area contributed by atoms with E-state index in [2.05, 4.69) is 20.5 Å². The Kier molecular flexibility index (Phi) is 10.3. The van der Waals surface area contributed by atoms with Crippen molar-refractivity contribution in [2.45, 2.75) is 19.6 Å². The minimum atomic E-state index is -4.31. The van der Waals surface area contributed by atoms with Gasteiger partial charge in [-0.3, -0.25) is 4.90 Å². The zero-order chi connectivity index (χ0) is 18.1. The lowest BCUT2D eigenvalue weighted by molar-refractivity contribution is -0.137. The summed E-state index contributed by atoms with van der Waals surface area (Å²) >= 11 is 0. The van der Waals surface area contributed by atoms with Crippen LogP contribution in [0.15, 0.2) is 29.3 Å². The monoisotopic (exact) mass is 486 g/mol. The fourth-order valence-electron chi connectivity index (χ4n) is 2.47. The van der Waals surface area contributed by atoms with E-state index >= 15 is 0 Å². The molecular weight excluding hydrogens is 460 g/mol. The normalized spacial score (nSPS) is 16.1. The first-order chi connectivity index (χ1) is 12.0. The molecule has 0 radical (unpaired) electrons. The third-order valence-corrected chi connectivity index (χ3v) is 3.87. The molecule has 1 aromatic carbocycles. The Labute approximate surface area is 169 Å². The minimum absolute atomic E-state index is 0. The van der Waals surface area contributed by atoms with Crippen LogP contribution in [0.1, 0.15) is 18.1 Å². The van der Waals surface area contributed by atoms with Gasteiger partial charge in [0.25, 0.3) is 0 Å². The number of aliphatic imine (C=N–C) groups is 1. The highest BCUT2D eigenvalue weighted by molar-refractivity contribution is 14.0. The van der Waals surface area contributed by atoms with E-state index in [1.165, 1.54) is 12.1 Å². The van der Waals surface area contributed by atoms with Crippen LogP contribution < -0.4 is 10.6 Å². The number of nitrogens with zero attached hydrogens (tertiary/aromatic N) is 2. The molecule has 5 nitrogen and oxygen atoms in total. The molecule has 1 aromatic rings. The number of halogens is 4. The van der Waals surface area contributed by atoms with Crippen LogP contribution in [-0.2, 0) is 17.5 Å². The molecule has 0 aromatic heterocycles. The second kappa shape index (κ2) is 11.6. The fourth-order valence-corrected chi connectivity index (χ4v) is 2.47. The van der Waals surface area contributed by atoms with Crippen molar-refractivity contribution >= 4 is 29.9 Å². The quantitative estimate of drug-likeness (QED) is 0.369. The summed E-state index contributed by atoms with van der Waals surface area (Å²) in [7, 11) is 0. The molecule has 148 valence electrons. The molecule has 2 rings (SSSR count). The van der Waals surface area contributed by atoms with Gasteiger partial charge in [-0.1, -0.05) is 12.1 Å². The van der Waals surface area contributed by atoms with Crippen LogP contribution in [0.4, 0.5) is 13.2 Å². The number of hydrogen-bond acceptors (Lipinski definition) is 3. The molecule has 0 spiro atoms. The summed E-state index contributed by atoms with van der Waals surface area (Å²) in [6.07, 6.45) is -4.31. The number of hydrogen-bond donors (Lipinski definition) is 2. The summed E-state index contributed by atoms with van der Waals surface area (Å²) in [4.78, 5) is 6.74. The van der Waals surface area contributed by atoms with Gasteiger partial charge in [-0.2, -0.15) is 13.2 Å². The average molecular weight is 486 g/mol. The fraction of sp³-hybridized carbons (Fsp3) is 0.588. The number of morpholine rings is 1. The number of ether oxygens (including phenoxy) is 1. The lowest BCUT2D eigenvalue weighted by Gasteiger charge is -2.26. The number of nitrogens with one attached hydrogen (secondary N) is 2. The van der Waals surface area contributed by atoms with Crippen molar-refractivity contribution in [1.82, 2.24) is 15.5 Å². The highest BCUT2D eigenvalue weighted by Gasteiger charge is 2.29. The summed E-state index contributed by atoms with van der Waals surface area (Å²) < 4.78 is 43.0. The molecule has 9 heteroatoms. The Morgan fingerprint density at radius 3 is 2.38 bits per heavy atom. The zero-order valence-electron chi connectivity index (χ0n) is 14.8. The smallest absolute Gasteiger partial charge is 0.379 e. The van der Waals surface area contributed by atoms with E-state index in [1.807, 2.05) is 6.92 Å². The van der Waals surface area contributed by atoms with Crippen LogP contribution in [0.2, 0.25) is 0 Å². The van der Waals surface area contributed by atoms with Gasteiger partial charge in [0.15, 0.2) is 5.96 Å². The van der Waals surface area contributed by atoms with Crippen LogP contribution in [0.5, 0.6) is 0 Å². The maximum Gasteiger partial charge on any atom is 0.416 e. The van der Waals surface area contributed by atoms with Crippen molar-refractivity contribution in [3.05, 3.63) is 35.4 Å². The van der Waals surface area contributed by atoms with E-state index in [4.69, 9.17) is 4.74 Å². The Bertz CT molecular complexity index is 546. The molecule has 1 fully saturated rings. The second-order valence-corrected chi connectivity index (χ2v) is 5.77. The van der Waals surface area contributed by atoms with Gasteiger partial charge in [-0.05, 0) is 24.6 Å². The van der Waals surface area contributed by atoms with Gasteiger partial charge < -0.3 is 15.4 Å². The van der Waals surface area contributed by atoms with Crippen LogP contribution >= 0.6 is 24.0 Å². The van der Waals surface area contributed by atoms with Crippen molar-refractivity contribution in [2.75, 3.05) is 45.9 Å². The summed E-state index contributed by atoms with van der Waals surface area (Å²) in [5, 5.41) is 6.39. The van der Waals surface area contributed by atoms with Gasteiger partial charge in [0.05, 0.1) is 25.3 Å². The molecule has 1 heterocycles. The highest BCUT2D eigenvalue weighted by Crippen LogP contribution is 2.29. The lowest BCUT2D eigenvalue weighted by atomic mass is 10.1. The van der Waals surface area contributed by atoms with Crippen molar-refractivity contribution in [2.24, 2.45) is 4.99 Å². The predicted molar refractivity (Wildman–Crippen MR) is 107 cm³/mol. The molecule has 2 N–H and O–H groups in total. The first-order valence-electron chi connectivity index (χ1n) is 8.47. The van der Waals surface area contributed by atoms with Crippen molar-refractivity contribution in [3.63, 3.8) is 0 Å². The topological polar surface area (TPSA) is 48.9 Å². The Hall–Kier alpha value is -1.07. The lowest BCUT2D eigenvalue weighted by Crippen LogP contribution is -2.44. The first-order valence-corrected chi connectivity index (χ1v) is 8.47. The van der Waals surface area contributed by atoms with E-state index < -0.39 is 11.7 Å². The molecule has 0 saturated carbocycles. The molecule has 0 aliphatic carbocycles. The van der Waals surface area contributed by atoms with Crippen molar-refractivity contribution in [3.8, 4) is 0 Å². The molecule has 0 amide bonds. The van der Waals surface area contributed by atoms with Gasteiger partial charge in [-0.15, -0.1) is 24.0 Å². The number of rotatable bonds is 6. The van der Waals surface area contributed by atoms with Gasteiger partial charge in [0, 0.05) is 32.7 Å². The van der Waals surface area contributed by atoms with Crippen LogP contribution in [0.25, 0.3) is 0 Å². The zero-order valence-corrected chi connectivity index (χ0v) is 17.1. The SMILES string of the molecule is CCNC(=NCc1ccc(C(F)(F)F)cc1)NCCN1CCOCC1.I. The Morgan fingerprint density at radius 2 is 1.81 bits per heavy atom. The molecule has 0 atom stereocenters. The Balaban J connectivity index is 0.00000338. The summed E-state index contributed by atoms with van der Waals surface area (Å²) in [5.74, 6) is 0.663. The van der Waals surface area contributed by atoms with Gasteiger partial charge in [0.2, 0.25) is 0 Å². The minimum Gasteiger partial charge on any atom is -0.379 e. The molecule has 1 aliphatic rings. The van der Waals surface area contributed by atoms with E-state index in [-0.39, 0.29) is 24.0 Å². The second-order valence-electron chi connectivity index (χ2n) is 5.77. The molecule has 0 unspecified atom stereocenters. The van der Waals surface area contributed by atoms with Crippen LogP contribution in [0, 0.1) is 0 Å². The Morgan fingerprint density at radius 1 is 1.15 bits per heavy atom. The van der Waals surface area contributed by atoms with Gasteiger partial charge >= 0.3 is 6.18 Å². The van der Waals surface area contributed by atoms with E-state index in [1.54, 1.807) is 0 Å². The van der Waals surface area contributed by atoms with E-state index in [0.717, 1.165) is 63.6 Å². The predicted octanol–water partition coefficient (Wildman–Crippen LogP) is 2.71. The highest BCUT2D eigenvalue weighted by atomic mass is 127. The molecule has 1 saturated heterocycles. The largest absolute Gasteiger partial charge is 0.416 e. The van der Waals surface area contributed by atoms with Crippen LogP contribution in [-0.4, -0.2) is 56.8 Å². The third-order valence-electron chi connectivity index (χ3n) is 3.87.